The number of hydrogen-bond acceptors (Lipinski definition) is 0. The van der Waals surface area contributed by atoms with Crippen molar-refractivity contribution in [2.45, 2.75) is 59.3 Å². The molecule has 0 aromatic heterocycles. The number of aryl methyl sites for hydroxylation is 3. The predicted octanol–water partition coefficient (Wildman–Crippen LogP) is 7.89. The highest BCUT2D eigenvalue weighted by molar-refractivity contribution is 5.67. The first-order chi connectivity index (χ1) is 14.6. The Kier molecular flexibility index (Phi) is 7.86. The molecule has 0 unspecified atom stereocenters. The number of halogens is 1. The molecule has 0 fully saturated rings. The monoisotopic (exact) mass is 398 g/mol. The Balaban J connectivity index is 1.77. The molecule has 3 aromatic carbocycles. The molecule has 0 bridgehead atoms. The van der Waals surface area contributed by atoms with E-state index in [4.69, 9.17) is 0 Å². The molecule has 0 spiro atoms. The van der Waals surface area contributed by atoms with Crippen LogP contribution in [0.4, 0.5) is 4.39 Å². The smallest absolute Gasteiger partial charge is 0.132 e. The summed E-state index contributed by atoms with van der Waals surface area (Å²) in [4.78, 5) is 0. The fraction of sp³-hybridized carbons (Fsp3) is 0.310. The van der Waals surface area contributed by atoms with Gasteiger partial charge in [-0.2, -0.15) is 0 Å². The van der Waals surface area contributed by atoms with Gasteiger partial charge in [0.15, 0.2) is 0 Å². The topological polar surface area (TPSA) is 0 Å². The van der Waals surface area contributed by atoms with Crippen molar-refractivity contribution < 1.29 is 4.39 Å². The van der Waals surface area contributed by atoms with E-state index in [1.165, 1.54) is 30.4 Å². The fourth-order valence-electron chi connectivity index (χ4n) is 3.65. The predicted molar refractivity (Wildman–Crippen MR) is 126 cm³/mol. The molecule has 0 amide bonds. The number of rotatable bonds is 7. The zero-order valence-electron chi connectivity index (χ0n) is 18.4. The Morgan fingerprint density at radius 3 is 2.07 bits per heavy atom. The van der Waals surface area contributed by atoms with Crippen molar-refractivity contribution in [3.05, 3.63) is 94.3 Å². The lowest BCUT2D eigenvalue weighted by Gasteiger charge is -2.08. The van der Waals surface area contributed by atoms with E-state index in [9.17, 15) is 4.39 Å². The van der Waals surface area contributed by atoms with Crippen molar-refractivity contribution in [3.63, 3.8) is 0 Å². The van der Waals surface area contributed by atoms with Gasteiger partial charge in [-0.15, -0.1) is 0 Å². The van der Waals surface area contributed by atoms with Gasteiger partial charge in [0.05, 0.1) is 0 Å². The Morgan fingerprint density at radius 2 is 1.40 bits per heavy atom. The van der Waals surface area contributed by atoms with E-state index in [2.05, 4.69) is 50.0 Å². The third kappa shape index (κ3) is 5.83. The van der Waals surface area contributed by atoms with Crippen molar-refractivity contribution in [2.75, 3.05) is 0 Å². The van der Waals surface area contributed by atoms with Crippen LogP contribution in [0.2, 0.25) is 0 Å². The highest BCUT2D eigenvalue weighted by Crippen LogP contribution is 2.26. The summed E-state index contributed by atoms with van der Waals surface area (Å²) >= 11 is 0. The Labute approximate surface area is 181 Å². The van der Waals surface area contributed by atoms with Gasteiger partial charge in [-0.05, 0) is 72.7 Å². The molecule has 30 heavy (non-hydrogen) atoms. The molecular formula is C29H31F. The van der Waals surface area contributed by atoms with Gasteiger partial charge in [0, 0.05) is 16.7 Å². The third-order valence-corrected chi connectivity index (χ3v) is 5.48. The lowest BCUT2D eigenvalue weighted by atomic mass is 9.97. The minimum Gasteiger partial charge on any atom is -0.206 e. The summed E-state index contributed by atoms with van der Waals surface area (Å²) in [5.41, 5.74) is 6.89. The normalized spacial score (nSPS) is 10.5. The summed E-state index contributed by atoms with van der Waals surface area (Å²) in [5, 5.41) is 0. The second-order valence-corrected chi connectivity index (χ2v) is 8.00. The Hall–Kier alpha value is -2.85. The van der Waals surface area contributed by atoms with E-state index in [1.54, 1.807) is 6.07 Å². The van der Waals surface area contributed by atoms with Crippen molar-refractivity contribution >= 4 is 0 Å². The van der Waals surface area contributed by atoms with E-state index in [0.717, 1.165) is 41.5 Å². The zero-order chi connectivity index (χ0) is 21.3. The van der Waals surface area contributed by atoms with Crippen LogP contribution in [0.3, 0.4) is 0 Å². The van der Waals surface area contributed by atoms with Gasteiger partial charge in [0.1, 0.15) is 5.82 Å². The largest absolute Gasteiger partial charge is 0.206 e. The summed E-state index contributed by atoms with van der Waals surface area (Å²) in [5.74, 6) is 6.10. The van der Waals surface area contributed by atoms with Gasteiger partial charge >= 0.3 is 0 Å². The summed E-state index contributed by atoms with van der Waals surface area (Å²) < 4.78 is 14.9. The molecule has 0 aliphatic carbocycles. The summed E-state index contributed by atoms with van der Waals surface area (Å²) in [6, 6.07) is 20.1. The molecule has 0 saturated carbocycles. The van der Waals surface area contributed by atoms with Crippen LogP contribution < -0.4 is 0 Å². The first-order valence-corrected chi connectivity index (χ1v) is 11.1. The maximum atomic E-state index is 14.9. The summed E-state index contributed by atoms with van der Waals surface area (Å²) in [7, 11) is 0. The average molecular weight is 399 g/mol. The van der Waals surface area contributed by atoms with Crippen LogP contribution in [0.15, 0.2) is 60.7 Å². The Morgan fingerprint density at radius 1 is 0.733 bits per heavy atom. The van der Waals surface area contributed by atoms with Crippen LogP contribution in [0.25, 0.3) is 11.1 Å². The maximum Gasteiger partial charge on any atom is 0.132 e. The zero-order valence-corrected chi connectivity index (χ0v) is 18.4. The first-order valence-electron chi connectivity index (χ1n) is 11.1. The molecule has 0 aliphatic heterocycles. The fourth-order valence-corrected chi connectivity index (χ4v) is 3.65. The van der Waals surface area contributed by atoms with E-state index in [1.807, 2.05) is 37.3 Å². The molecule has 3 aromatic rings. The first kappa shape index (κ1) is 21.8. The van der Waals surface area contributed by atoms with Gasteiger partial charge in [0.25, 0.3) is 0 Å². The summed E-state index contributed by atoms with van der Waals surface area (Å²) in [6.45, 7) is 6.39. The Bertz CT molecular complexity index is 1010. The molecule has 1 heteroatoms. The summed E-state index contributed by atoms with van der Waals surface area (Å²) in [6.07, 6.45) is 6.99. The lowest BCUT2D eigenvalue weighted by molar-refractivity contribution is 0.630. The van der Waals surface area contributed by atoms with E-state index in [-0.39, 0.29) is 5.82 Å². The quantitative estimate of drug-likeness (QED) is 0.280. The number of hydrogen-bond donors (Lipinski definition) is 0. The van der Waals surface area contributed by atoms with Crippen LogP contribution >= 0.6 is 0 Å². The maximum absolute atomic E-state index is 14.9. The van der Waals surface area contributed by atoms with E-state index in [0.29, 0.717) is 5.56 Å². The van der Waals surface area contributed by atoms with Gasteiger partial charge in [0.2, 0.25) is 0 Å². The minimum atomic E-state index is -0.220. The van der Waals surface area contributed by atoms with Crippen LogP contribution in [0.1, 0.15) is 67.3 Å². The number of unbranched alkanes of at least 4 members (excludes halogenated alkanes) is 2. The number of benzene rings is 3. The molecular weight excluding hydrogens is 367 g/mol. The van der Waals surface area contributed by atoms with Crippen LogP contribution in [0, 0.1) is 24.6 Å². The lowest BCUT2D eigenvalue weighted by Crippen LogP contribution is -1.92. The average Bonchev–Trinajstić information content (AvgIpc) is 2.76. The van der Waals surface area contributed by atoms with Gasteiger partial charge in [-0.3, -0.25) is 0 Å². The van der Waals surface area contributed by atoms with E-state index >= 15 is 0 Å². The van der Waals surface area contributed by atoms with Gasteiger partial charge in [-0.1, -0.05) is 81.3 Å². The van der Waals surface area contributed by atoms with Crippen molar-refractivity contribution in [1.82, 2.24) is 0 Å². The minimum absolute atomic E-state index is 0.220. The van der Waals surface area contributed by atoms with Crippen molar-refractivity contribution in [1.29, 1.82) is 0 Å². The van der Waals surface area contributed by atoms with Crippen molar-refractivity contribution in [2.24, 2.45) is 0 Å². The molecule has 0 radical (unpaired) electrons. The van der Waals surface area contributed by atoms with Crippen LogP contribution in [-0.2, 0) is 12.8 Å². The molecule has 0 aliphatic rings. The molecule has 0 N–H and O–H groups in total. The highest BCUT2D eigenvalue weighted by Gasteiger charge is 2.09. The molecule has 0 heterocycles. The SMILES string of the molecule is CCCCCc1ccc(-c2cc(C)c(C#Cc3ccc(CCC)cc3)cc2F)cc1. The standard InChI is InChI=1S/C29H31F/c1-4-6-7-9-24-14-17-26(18-15-24)28-20-22(3)27(21-29(28)30)19-16-25-12-10-23(8-5-2)11-13-25/h10-15,17-18,20-21H,4-9H2,1-3H3. The van der Waals surface area contributed by atoms with Gasteiger partial charge < -0.3 is 0 Å². The van der Waals surface area contributed by atoms with Crippen LogP contribution in [0.5, 0.6) is 0 Å². The van der Waals surface area contributed by atoms with Crippen LogP contribution in [-0.4, -0.2) is 0 Å². The second-order valence-electron chi connectivity index (χ2n) is 8.00. The molecule has 0 saturated heterocycles. The van der Waals surface area contributed by atoms with E-state index < -0.39 is 0 Å². The van der Waals surface area contributed by atoms with Gasteiger partial charge in [-0.25, -0.2) is 4.39 Å². The highest BCUT2D eigenvalue weighted by atomic mass is 19.1. The van der Waals surface area contributed by atoms with Crippen molar-refractivity contribution in [3.8, 4) is 23.0 Å². The molecule has 0 atom stereocenters. The molecule has 0 nitrogen and oxygen atoms in total. The second kappa shape index (κ2) is 10.8. The molecule has 154 valence electrons. The third-order valence-electron chi connectivity index (χ3n) is 5.48. The molecule has 3 rings (SSSR count).